The van der Waals surface area contributed by atoms with Crippen LogP contribution in [-0.4, -0.2) is 7.32 Å². The molecule has 0 N–H and O–H groups in total. The first-order chi connectivity index (χ1) is 43.4. The summed E-state index contributed by atoms with van der Waals surface area (Å²) >= 11 is 0. The van der Waals surface area contributed by atoms with Crippen LogP contribution in [0.1, 0.15) is 378 Å². The van der Waals surface area contributed by atoms with Crippen LogP contribution in [0.3, 0.4) is 0 Å². The summed E-state index contributed by atoms with van der Waals surface area (Å²) in [5, 5.41) is 27.9. The molecular formula is C83H137BNO3-. The van der Waals surface area contributed by atoms with Gasteiger partial charge in [-0.3, -0.25) is 0 Å². The van der Waals surface area contributed by atoms with Crippen LogP contribution >= 0.6 is 0 Å². The molecule has 0 amide bonds. The summed E-state index contributed by atoms with van der Waals surface area (Å²) in [6.45, 7) is 15.5. The van der Waals surface area contributed by atoms with Crippen LogP contribution < -0.4 is 19.3 Å². The lowest BCUT2D eigenvalue weighted by Gasteiger charge is -2.27. The Balaban J connectivity index is 0.000000615. The van der Waals surface area contributed by atoms with Crippen LogP contribution in [-0.2, 0) is 38.6 Å². The lowest BCUT2D eigenvalue weighted by Crippen LogP contribution is -2.50. The minimum absolute atomic E-state index is 0.341. The Kier molecular flexibility index (Phi) is 45.6. The first-order valence-electron chi connectivity index (χ1n) is 38.8. The van der Waals surface area contributed by atoms with Crippen molar-refractivity contribution in [3.8, 4) is 5.75 Å². The van der Waals surface area contributed by atoms with E-state index in [-0.39, 0.29) is 0 Å². The third-order valence-electron chi connectivity index (χ3n) is 19.6. The van der Waals surface area contributed by atoms with E-state index in [1.807, 2.05) is 64.5 Å². The molecule has 4 nitrogen and oxygen atoms in total. The molecule has 5 rings (SSSR count). The van der Waals surface area contributed by atoms with Crippen molar-refractivity contribution in [2.75, 3.05) is 0 Å². The van der Waals surface area contributed by atoms with Gasteiger partial charge in [0.2, 0.25) is 0 Å². The highest BCUT2D eigenvalue weighted by Gasteiger charge is 2.29. The molecular weight excluding hydrogens is 1070 g/mol. The molecule has 0 saturated heterocycles. The van der Waals surface area contributed by atoms with E-state index >= 15 is 0 Å². The Morgan fingerprint density at radius 3 is 0.977 bits per heavy atom. The predicted octanol–water partition coefficient (Wildman–Crippen LogP) is 24.8. The third-order valence-corrected chi connectivity index (χ3v) is 19.6. The second-order valence-electron chi connectivity index (χ2n) is 27.3. The average molecular weight is 1210 g/mol. The molecule has 0 bridgehead atoms. The van der Waals surface area contributed by atoms with Crippen LogP contribution in [0, 0.1) is 0 Å². The molecule has 4 aromatic carbocycles. The van der Waals surface area contributed by atoms with Crippen molar-refractivity contribution in [2.24, 2.45) is 0 Å². The Labute approximate surface area is 544 Å². The van der Waals surface area contributed by atoms with Crippen molar-refractivity contribution in [1.82, 2.24) is 0 Å². The van der Waals surface area contributed by atoms with Gasteiger partial charge in [-0.05, 0) is 108 Å². The van der Waals surface area contributed by atoms with Gasteiger partial charge < -0.3 is 14.7 Å². The first-order valence-corrected chi connectivity index (χ1v) is 38.8. The Morgan fingerprint density at radius 2 is 0.602 bits per heavy atom. The minimum atomic E-state index is -2.33. The SMILES string of the molecule is CCCCCCCCCCc1c(CCCCCCCCCC)c(CCCCCCCCCC)[n+](CCCCCCCCCC)c(CCCCCCCCCC)c1CCCCCCCCCC.[O-]B([O-])Oc1cccc2ccc3cc4ccccc4cc3c12. The van der Waals surface area contributed by atoms with Crippen molar-refractivity contribution in [3.05, 3.63) is 94.8 Å². The van der Waals surface area contributed by atoms with Crippen molar-refractivity contribution in [3.63, 3.8) is 0 Å². The van der Waals surface area contributed by atoms with E-state index in [9.17, 15) is 10.0 Å². The normalized spacial score (nSPS) is 11.6. The van der Waals surface area contributed by atoms with Gasteiger partial charge in [0, 0.05) is 35.8 Å². The maximum Gasteiger partial charge on any atom is 0.185 e. The zero-order valence-electron chi connectivity index (χ0n) is 58.8. The maximum absolute atomic E-state index is 10.9. The lowest BCUT2D eigenvalue weighted by molar-refractivity contribution is -0.712. The van der Waals surface area contributed by atoms with Crippen molar-refractivity contribution in [2.45, 2.75) is 388 Å². The maximum atomic E-state index is 10.9. The topological polar surface area (TPSA) is 59.2 Å². The molecule has 5 heteroatoms. The number of hydrogen-bond donors (Lipinski definition) is 0. The van der Waals surface area contributed by atoms with Crippen LogP contribution in [0.15, 0.2) is 66.7 Å². The second-order valence-corrected chi connectivity index (χ2v) is 27.3. The summed E-state index contributed by atoms with van der Waals surface area (Å²) in [5.74, 6) is 0.341. The predicted molar refractivity (Wildman–Crippen MR) is 386 cm³/mol. The quantitative estimate of drug-likeness (QED) is 0.0128. The number of nitrogens with zero attached hydrogens (tertiary/aromatic N) is 1. The fourth-order valence-electron chi connectivity index (χ4n) is 14.3. The summed E-state index contributed by atoms with van der Waals surface area (Å²) in [4.78, 5) is 0. The Hall–Kier alpha value is -3.41. The van der Waals surface area contributed by atoms with Gasteiger partial charge in [-0.2, -0.15) is 4.57 Å². The van der Waals surface area contributed by atoms with Gasteiger partial charge in [0.1, 0.15) is 19.6 Å². The molecule has 0 atom stereocenters. The smallest absolute Gasteiger partial charge is 0.185 e. The van der Waals surface area contributed by atoms with E-state index in [1.54, 1.807) is 12.1 Å². The molecule has 0 unspecified atom stereocenters. The van der Waals surface area contributed by atoms with E-state index in [0.29, 0.717) is 5.75 Å². The lowest BCUT2D eigenvalue weighted by atomic mass is 9.85. The third kappa shape index (κ3) is 32.2. The number of benzene rings is 4. The van der Waals surface area contributed by atoms with Crippen LogP contribution in [0.4, 0.5) is 0 Å². The summed E-state index contributed by atoms with van der Waals surface area (Å²) in [5.41, 5.74) is 9.44. The Bertz CT molecular complexity index is 2220. The average Bonchev–Trinajstić information content (AvgIpc) is 1.35. The number of unbranched alkanes of at least 4 members (excludes halogenated alkanes) is 42. The molecule has 0 aliphatic rings. The fourth-order valence-corrected chi connectivity index (χ4v) is 14.3. The number of hydrogen-bond acceptors (Lipinski definition) is 3. The molecule has 5 aromatic rings. The molecule has 0 radical (unpaired) electrons. The summed E-state index contributed by atoms with van der Waals surface area (Å²) in [7, 11) is -2.33. The zero-order chi connectivity index (χ0) is 62.8. The molecule has 0 aliphatic heterocycles. The molecule has 1 heterocycles. The molecule has 0 saturated carbocycles. The largest absolute Gasteiger partial charge is 0.860 e. The highest BCUT2D eigenvalue weighted by atomic mass is 16.6. The van der Waals surface area contributed by atoms with Gasteiger partial charge in [-0.15, -0.1) is 0 Å². The Morgan fingerprint density at radius 1 is 0.295 bits per heavy atom. The number of aromatic nitrogens is 1. The number of fused-ring (bicyclic) bond motifs is 4. The van der Waals surface area contributed by atoms with E-state index in [1.165, 1.54) is 347 Å². The highest BCUT2D eigenvalue weighted by Crippen LogP contribution is 2.36. The monoisotopic (exact) mass is 1210 g/mol. The number of pyridine rings is 1. The van der Waals surface area contributed by atoms with Gasteiger partial charge in [0.05, 0.1) is 0 Å². The molecule has 0 fully saturated rings. The van der Waals surface area contributed by atoms with E-state index in [2.05, 4.69) is 64.3 Å². The van der Waals surface area contributed by atoms with Gasteiger partial charge in [-0.25, -0.2) is 0 Å². The number of rotatable bonds is 56. The van der Waals surface area contributed by atoms with Crippen LogP contribution in [0.5, 0.6) is 5.75 Å². The van der Waals surface area contributed by atoms with E-state index in [0.717, 1.165) is 32.3 Å². The first kappa shape index (κ1) is 77.0. The van der Waals surface area contributed by atoms with Gasteiger partial charge >= 0.3 is 0 Å². The van der Waals surface area contributed by atoms with Gasteiger partial charge in [-0.1, -0.05) is 353 Å². The van der Waals surface area contributed by atoms with E-state index < -0.39 is 7.32 Å². The minimum Gasteiger partial charge on any atom is -0.860 e. The van der Waals surface area contributed by atoms with E-state index in [4.69, 9.17) is 4.65 Å². The summed E-state index contributed by atoms with van der Waals surface area (Å²) in [6, 6.07) is 21.7. The molecule has 0 spiro atoms. The molecule has 496 valence electrons. The summed E-state index contributed by atoms with van der Waals surface area (Å²) in [6.07, 6.45) is 75.3. The second kappa shape index (κ2) is 52.1. The fraction of sp³-hybridized carbons (Fsp3) is 0.723. The van der Waals surface area contributed by atoms with Crippen molar-refractivity contribution in [1.29, 1.82) is 0 Å². The zero-order valence-corrected chi connectivity index (χ0v) is 58.8. The van der Waals surface area contributed by atoms with Crippen LogP contribution in [0.2, 0.25) is 0 Å². The molecule has 88 heavy (non-hydrogen) atoms. The summed E-state index contributed by atoms with van der Waals surface area (Å²) < 4.78 is 8.06. The van der Waals surface area contributed by atoms with Crippen molar-refractivity contribution < 1.29 is 19.3 Å². The van der Waals surface area contributed by atoms with Crippen molar-refractivity contribution >= 4 is 39.6 Å². The standard InChI is InChI=1S/C65H126N.C18H11BO3/c1-7-13-19-25-31-37-43-49-55-61-62(56-50-44-38-32-26-20-14-8-2)64(58-52-46-40-34-28-22-16-10-4)66(60-54-48-42-36-30-24-18-12-6)65(59-53-47-41-35-29-23-17-11-5)63(61)57-51-45-39-33-27-21-15-9-3;20-19(21)22-17-7-3-6-12-8-9-15-10-13-4-1-2-5-14(13)11-16(15)18(12)17/h7-60H2,1-6H3;1-11H/q+1;-2. The highest BCUT2D eigenvalue weighted by molar-refractivity contribution is 6.30. The van der Waals surface area contributed by atoms with Gasteiger partial charge in [0.25, 0.3) is 0 Å². The molecule has 1 aromatic heterocycles. The van der Waals surface area contributed by atoms with Crippen LogP contribution in [0.25, 0.3) is 32.3 Å². The molecule has 0 aliphatic carbocycles. The van der Waals surface area contributed by atoms with Gasteiger partial charge in [0.15, 0.2) is 11.4 Å².